The molecule has 2 amide bonds. The van der Waals surface area contributed by atoms with E-state index in [1.54, 1.807) is 16.2 Å². The number of amides is 2. The molecule has 1 fully saturated rings. The summed E-state index contributed by atoms with van der Waals surface area (Å²) < 4.78 is 28.3. The number of primary sulfonamides is 1. The van der Waals surface area contributed by atoms with Crippen LogP contribution in [0.2, 0.25) is 0 Å². The monoisotopic (exact) mass is 395 g/mol. The maximum absolute atomic E-state index is 12.7. The summed E-state index contributed by atoms with van der Waals surface area (Å²) in [6.45, 7) is 1.74. The van der Waals surface area contributed by atoms with Gasteiger partial charge in [0.1, 0.15) is 0 Å². The van der Waals surface area contributed by atoms with Crippen molar-refractivity contribution in [3.63, 3.8) is 0 Å². The SMILES string of the molecule is NS(=O)(=O)c1ccc(NC(=O)N(Cc2cccs2)C[C@H]2CCCO2)cc1. The Balaban J connectivity index is 1.69. The molecular formula is C17H21N3O4S2. The number of nitrogens with two attached hydrogens (primary N) is 1. The lowest BCUT2D eigenvalue weighted by Gasteiger charge is -2.25. The van der Waals surface area contributed by atoms with Crippen LogP contribution in [0.1, 0.15) is 17.7 Å². The quantitative estimate of drug-likeness (QED) is 0.785. The highest BCUT2D eigenvalue weighted by molar-refractivity contribution is 7.89. The van der Waals surface area contributed by atoms with Crippen molar-refractivity contribution in [3.05, 3.63) is 46.7 Å². The Morgan fingerprint density at radius 3 is 2.65 bits per heavy atom. The van der Waals surface area contributed by atoms with Crippen molar-refractivity contribution in [2.45, 2.75) is 30.4 Å². The molecule has 1 saturated heterocycles. The minimum absolute atomic E-state index is 0.00490. The second kappa shape index (κ2) is 8.17. The third kappa shape index (κ3) is 5.04. The largest absolute Gasteiger partial charge is 0.376 e. The minimum atomic E-state index is -3.75. The van der Waals surface area contributed by atoms with Gasteiger partial charge < -0.3 is 15.0 Å². The summed E-state index contributed by atoms with van der Waals surface area (Å²) in [5, 5.41) is 9.87. The molecule has 0 unspecified atom stereocenters. The number of rotatable bonds is 6. The van der Waals surface area contributed by atoms with Crippen LogP contribution in [0.15, 0.2) is 46.7 Å². The van der Waals surface area contributed by atoms with Crippen molar-refractivity contribution in [1.29, 1.82) is 0 Å². The number of carbonyl (C=O) groups is 1. The van der Waals surface area contributed by atoms with Gasteiger partial charge in [0.15, 0.2) is 0 Å². The lowest BCUT2D eigenvalue weighted by Crippen LogP contribution is -2.39. The summed E-state index contributed by atoms with van der Waals surface area (Å²) in [5.41, 5.74) is 0.505. The maximum Gasteiger partial charge on any atom is 0.322 e. The predicted molar refractivity (Wildman–Crippen MR) is 101 cm³/mol. The molecule has 0 bridgehead atoms. The molecule has 26 heavy (non-hydrogen) atoms. The molecule has 1 aromatic heterocycles. The molecule has 7 nitrogen and oxygen atoms in total. The number of nitrogens with zero attached hydrogens (tertiary/aromatic N) is 1. The number of carbonyl (C=O) groups excluding carboxylic acids is 1. The Bertz CT molecular complexity index is 829. The summed E-state index contributed by atoms with van der Waals surface area (Å²) in [6, 6.07) is 9.47. The van der Waals surface area contributed by atoms with E-state index >= 15 is 0 Å². The fourth-order valence-corrected chi connectivity index (χ4v) is 4.01. The van der Waals surface area contributed by atoms with Crippen LogP contribution in [0, 0.1) is 0 Å². The molecular weight excluding hydrogens is 374 g/mol. The second-order valence-electron chi connectivity index (χ2n) is 6.09. The van der Waals surface area contributed by atoms with E-state index in [0.29, 0.717) is 18.8 Å². The summed E-state index contributed by atoms with van der Waals surface area (Å²) in [5.74, 6) is 0. The molecule has 0 spiro atoms. The van der Waals surface area contributed by atoms with E-state index in [2.05, 4.69) is 5.32 Å². The zero-order valence-corrected chi connectivity index (χ0v) is 15.8. The van der Waals surface area contributed by atoms with Crippen LogP contribution >= 0.6 is 11.3 Å². The van der Waals surface area contributed by atoms with E-state index in [4.69, 9.17) is 9.88 Å². The number of benzene rings is 1. The molecule has 9 heteroatoms. The molecule has 0 saturated carbocycles. The fourth-order valence-electron chi connectivity index (χ4n) is 2.77. The minimum Gasteiger partial charge on any atom is -0.376 e. The van der Waals surface area contributed by atoms with Gasteiger partial charge in [-0.05, 0) is 48.6 Å². The lowest BCUT2D eigenvalue weighted by atomic mass is 10.2. The lowest BCUT2D eigenvalue weighted by molar-refractivity contribution is 0.0821. The van der Waals surface area contributed by atoms with Gasteiger partial charge in [-0.15, -0.1) is 11.3 Å². The average molecular weight is 396 g/mol. The first kappa shape index (κ1) is 18.8. The van der Waals surface area contributed by atoms with Gasteiger partial charge in [-0.25, -0.2) is 18.4 Å². The standard InChI is InChI=1S/C17H21N3O4S2/c18-26(22,23)16-7-5-13(6-8-16)19-17(21)20(11-14-3-1-9-24-14)12-15-4-2-10-25-15/h2,4-8,10,14H,1,3,9,11-12H2,(H,19,21)(H2,18,22,23)/t14-/m1/s1. The Hall–Kier alpha value is -1.94. The van der Waals surface area contributed by atoms with Crippen molar-refractivity contribution in [2.24, 2.45) is 5.14 Å². The van der Waals surface area contributed by atoms with Crippen LogP contribution < -0.4 is 10.5 Å². The Morgan fingerprint density at radius 2 is 2.08 bits per heavy atom. The van der Waals surface area contributed by atoms with Crippen molar-refractivity contribution >= 4 is 33.1 Å². The maximum atomic E-state index is 12.7. The van der Waals surface area contributed by atoms with Gasteiger partial charge >= 0.3 is 6.03 Å². The van der Waals surface area contributed by atoms with Crippen LogP contribution in [0.5, 0.6) is 0 Å². The van der Waals surface area contributed by atoms with Gasteiger partial charge in [0.25, 0.3) is 0 Å². The van der Waals surface area contributed by atoms with Gasteiger partial charge in [-0.2, -0.15) is 0 Å². The van der Waals surface area contributed by atoms with Gasteiger partial charge in [-0.3, -0.25) is 0 Å². The molecule has 140 valence electrons. The molecule has 2 heterocycles. The van der Waals surface area contributed by atoms with E-state index in [0.717, 1.165) is 24.3 Å². The highest BCUT2D eigenvalue weighted by atomic mass is 32.2. The summed E-state index contributed by atoms with van der Waals surface area (Å²) in [4.78, 5) is 15.5. The second-order valence-corrected chi connectivity index (χ2v) is 8.69. The van der Waals surface area contributed by atoms with Crippen LogP contribution in [0.25, 0.3) is 0 Å². The average Bonchev–Trinajstić information content (AvgIpc) is 3.28. The van der Waals surface area contributed by atoms with Crippen molar-refractivity contribution < 1.29 is 17.9 Å². The number of nitrogens with one attached hydrogen (secondary N) is 1. The summed E-state index contributed by atoms with van der Waals surface area (Å²) in [7, 11) is -3.75. The number of hydrogen-bond donors (Lipinski definition) is 2. The summed E-state index contributed by atoms with van der Waals surface area (Å²) >= 11 is 1.59. The zero-order chi connectivity index (χ0) is 18.6. The van der Waals surface area contributed by atoms with Gasteiger partial charge in [-0.1, -0.05) is 6.07 Å². The highest BCUT2D eigenvalue weighted by Crippen LogP contribution is 2.19. The number of thiophene rings is 1. The smallest absolute Gasteiger partial charge is 0.322 e. The third-order valence-corrected chi connectivity index (χ3v) is 5.89. The summed E-state index contributed by atoms with van der Waals surface area (Å²) in [6.07, 6.45) is 2.00. The topological polar surface area (TPSA) is 102 Å². The van der Waals surface area contributed by atoms with E-state index in [9.17, 15) is 13.2 Å². The zero-order valence-electron chi connectivity index (χ0n) is 14.1. The Kier molecular flexibility index (Phi) is 5.92. The molecule has 1 atom stereocenters. The predicted octanol–water partition coefficient (Wildman–Crippen LogP) is 2.61. The third-order valence-electron chi connectivity index (χ3n) is 4.10. The number of hydrogen-bond acceptors (Lipinski definition) is 5. The molecule has 1 aliphatic heterocycles. The molecule has 2 aromatic rings. The van der Waals surface area contributed by atoms with Crippen molar-refractivity contribution in [3.8, 4) is 0 Å². The Morgan fingerprint density at radius 1 is 1.31 bits per heavy atom. The van der Waals surface area contributed by atoms with Crippen molar-refractivity contribution in [1.82, 2.24) is 4.90 Å². The van der Waals surface area contributed by atoms with Gasteiger partial charge in [0.05, 0.1) is 17.5 Å². The first-order chi connectivity index (χ1) is 12.4. The van der Waals surface area contributed by atoms with Crippen LogP contribution in [-0.4, -0.2) is 38.6 Å². The number of anilines is 1. The molecule has 3 rings (SSSR count). The fraction of sp³-hybridized carbons (Fsp3) is 0.353. The van der Waals surface area contributed by atoms with Crippen LogP contribution in [0.4, 0.5) is 10.5 Å². The normalized spacial score (nSPS) is 17.2. The van der Waals surface area contributed by atoms with Crippen molar-refractivity contribution in [2.75, 3.05) is 18.5 Å². The molecule has 1 aromatic carbocycles. The van der Waals surface area contributed by atoms with Gasteiger partial charge in [0.2, 0.25) is 10.0 Å². The number of sulfonamides is 1. The number of urea groups is 1. The Labute approximate surface area is 156 Å². The molecule has 0 aliphatic carbocycles. The number of ether oxygens (including phenoxy) is 1. The van der Waals surface area contributed by atoms with E-state index in [-0.39, 0.29) is 17.0 Å². The molecule has 1 aliphatic rings. The van der Waals surface area contributed by atoms with Gasteiger partial charge in [0, 0.05) is 23.7 Å². The van der Waals surface area contributed by atoms with Crippen LogP contribution in [-0.2, 0) is 21.3 Å². The van der Waals surface area contributed by atoms with E-state index in [1.807, 2.05) is 17.5 Å². The first-order valence-electron chi connectivity index (χ1n) is 8.24. The van der Waals surface area contributed by atoms with E-state index < -0.39 is 10.0 Å². The molecule has 3 N–H and O–H groups in total. The van der Waals surface area contributed by atoms with E-state index in [1.165, 1.54) is 24.3 Å². The first-order valence-corrected chi connectivity index (χ1v) is 10.7. The van der Waals surface area contributed by atoms with Crippen LogP contribution in [0.3, 0.4) is 0 Å². The highest BCUT2D eigenvalue weighted by Gasteiger charge is 2.23. The molecule has 0 radical (unpaired) electrons.